The van der Waals surface area contributed by atoms with Gasteiger partial charge in [0.15, 0.2) is 0 Å². The number of aromatic nitrogens is 3. The summed E-state index contributed by atoms with van der Waals surface area (Å²) in [6.07, 6.45) is 2.35. The van der Waals surface area contributed by atoms with Crippen molar-refractivity contribution in [2.75, 3.05) is 13.7 Å². The second kappa shape index (κ2) is 7.43. The van der Waals surface area contributed by atoms with Crippen LogP contribution in [0.4, 0.5) is 0 Å². The smallest absolute Gasteiger partial charge is 0.255 e. The molecule has 0 aliphatic carbocycles. The number of fused-ring (bicyclic) bond motifs is 2. The van der Waals surface area contributed by atoms with Crippen LogP contribution in [-0.2, 0) is 13.5 Å². The fourth-order valence-electron chi connectivity index (χ4n) is 4.36. The number of hydrogen-bond donors (Lipinski definition) is 1. The molecule has 1 N–H and O–H groups in total. The standard InChI is InChI=1S/C24H22N4O3/c1-27-20-6-4-3-5-17(20)18(13-21(27)29)24(30)28-12-11-19-22(26-14-25-19)23(28)15-7-9-16(31-2)10-8-15/h3-10,13-14,23H,11-12H2,1-2H3,(H,25,26)/t23-/m1/s1. The monoisotopic (exact) mass is 414 g/mol. The molecule has 0 saturated heterocycles. The van der Waals surface area contributed by atoms with Crippen molar-refractivity contribution >= 4 is 16.8 Å². The molecule has 31 heavy (non-hydrogen) atoms. The summed E-state index contributed by atoms with van der Waals surface area (Å²) in [6, 6.07) is 16.3. The lowest BCUT2D eigenvalue weighted by Crippen LogP contribution is -2.41. The molecule has 156 valence electrons. The highest BCUT2D eigenvalue weighted by molar-refractivity contribution is 6.06. The number of rotatable bonds is 3. The Kier molecular flexibility index (Phi) is 4.58. The molecule has 7 nitrogen and oxygen atoms in total. The summed E-state index contributed by atoms with van der Waals surface area (Å²) in [6.45, 7) is 0.522. The predicted molar refractivity (Wildman–Crippen MR) is 117 cm³/mol. The van der Waals surface area contributed by atoms with Crippen LogP contribution in [0, 0.1) is 0 Å². The summed E-state index contributed by atoms with van der Waals surface area (Å²) < 4.78 is 6.85. The van der Waals surface area contributed by atoms with Crippen molar-refractivity contribution in [3.05, 3.63) is 93.8 Å². The van der Waals surface area contributed by atoms with E-state index < -0.39 is 0 Å². The predicted octanol–water partition coefficient (Wildman–Crippen LogP) is 3.06. The van der Waals surface area contributed by atoms with E-state index in [2.05, 4.69) is 9.97 Å². The number of nitrogens with one attached hydrogen (secondary N) is 1. The molecule has 2 aromatic carbocycles. The van der Waals surface area contributed by atoms with Crippen molar-refractivity contribution in [3.63, 3.8) is 0 Å². The van der Waals surface area contributed by atoms with E-state index in [1.807, 2.05) is 53.4 Å². The van der Waals surface area contributed by atoms with Gasteiger partial charge < -0.3 is 19.2 Å². The lowest BCUT2D eigenvalue weighted by atomic mass is 9.94. The van der Waals surface area contributed by atoms with E-state index in [1.165, 1.54) is 6.07 Å². The Balaban J connectivity index is 1.65. The van der Waals surface area contributed by atoms with E-state index in [4.69, 9.17) is 4.74 Å². The number of hydrogen-bond acceptors (Lipinski definition) is 4. The minimum atomic E-state index is -0.351. The summed E-state index contributed by atoms with van der Waals surface area (Å²) >= 11 is 0. The minimum Gasteiger partial charge on any atom is -0.497 e. The highest BCUT2D eigenvalue weighted by atomic mass is 16.5. The molecule has 0 saturated carbocycles. The molecule has 1 aliphatic heterocycles. The van der Waals surface area contributed by atoms with Crippen molar-refractivity contribution in [2.45, 2.75) is 12.5 Å². The fourth-order valence-corrected chi connectivity index (χ4v) is 4.36. The number of amides is 1. The van der Waals surface area contributed by atoms with Crippen molar-refractivity contribution in [2.24, 2.45) is 7.05 Å². The second-order valence-electron chi connectivity index (χ2n) is 7.66. The van der Waals surface area contributed by atoms with Crippen LogP contribution in [0.1, 0.15) is 33.4 Å². The van der Waals surface area contributed by atoms with Crippen LogP contribution >= 0.6 is 0 Å². The molecule has 1 aliphatic rings. The number of ether oxygens (including phenoxy) is 1. The van der Waals surface area contributed by atoms with Crippen LogP contribution in [0.15, 0.2) is 65.7 Å². The molecule has 0 fully saturated rings. The van der Waals surface area contributed by atoms with Crippen LogP contribution in [-0.4, -0.2) is 39.0 Å². The summed E-state index contributed by atoms with van der Waals surface area (Å²) in [7, 11) is 3.34. The molecule has 0 bridgehead atoms. The molecule has 1 amide bonds. The Hall–Kier alpha value is -3.87. The Morgan fingerprint density at radius 3 is 2.71 bits per heavy atom. The van der Waals surface area contributed by atoms with Gasteiger partial charge in [-0.3, -0.25) is 9.59 Å². The van der Waals surface area contributed by atoms with Crippen LogP contribution in [0.5, 0.6) is 5.75 Å². The van der Waals surface area contributed by atoms with E-state index in [1.54, 1.807) is 25.1 Å². The normalized spacial score (nSPS) is 15.7. The number of methoxy groups -OCH3 is 1. The molecule has 2 aromatic heterocycles. The molecule has 5 rings (SSSR count). The first-order valence-corrected chi connectivity index (χ1v) is 10.1. The number of pyridine rings is 1. The van der Waals surface area contributed by atoms with Gasteiger partial charge in [-0.05, 0) is 23.8 Å². The van der Waals surface area contributed by atoms with Crippen molar-refractivity contribution < 1.29 is 9.53 Å². The van der Waals surface area contributed by atoms with Crippen molar-refractivity contribution in [1.82, 2.24) is 19.4 Å². The van der Waals surface area contributed by atoms with Gasteiger partial charge in [-0.1, -0.05) is 30.3 Å². The number of aryl methyl sites for hydroxylation is 1. The number of carbonyl (C=O) groups is 1. The third kappa shape index (κ3) is 3.09. The zero-order valence-electron chi connectivity index (χ0n) is 17.3. The first-order valence-electron chi connectivity index (χ1n) is 10.1. The first-order chi connectivity index (χ1) is 15.1. The fraction of sp³-hybridized carbons (Fsp3) is 0.208. The van der Waals surface area contributed by atoms with E-state index in [-0.39, 0.29) is 17.5 Å². The summed E-state index contributed by atoms with van der Waals surface area (Å²) in [5, 5.41) is 0.760. The zero-order chi connectivity index (χ0) is 21.5. The molecule has 0 spiro atoms. The molecule has 3 heterocycles. The van der Waals surface area contributed by atoms with Gasteiger partial charge in [0.2, 0.25) is 0 Å². The number of H-pyrrole nitrogens is 1. The van der Waals surface area contributed by atoms with E-state index >= 15 is 0 Å². The van der Waals surface area contributed by atoms with Gasteiger partial charge in [0.05, 0.1) is 30.2 Å². The maximum absolute atomic E-state index is 13.8. The maximum atomic E-state index is 13.8. The first kappa shape index (κ1) is 19.1. The Morgan fingerprint density at radius 2 is 1.94 bits per heavy atom. The molecule has 7 heteroatoms. The third-order valence-corrected chi connectivity index (χ3v) is 6.00. The van der Waals surface area contributed by atoms with Crippen LogP contribution < -0.4 is 10.3 Å². The van der Waals surface area contributed by atoms with Crippen molar-refractivity contribution in [3.8, 4) is 5.75 Å². The molecule has 0 radical (unpaired) electrons. The largest absolute Gasteiger partial charge is 0.497 e. The Labute approximate surface area is 178 Å². The van der Waals surface area contributed by atoms with Crippen LogP contribution in [0.3, 0.4) is 0 Å². The van der Waals surface area contributed by atoms with Gasteiger partial charge in [0.1, 0.15) is 11.8 Å². The van der Waals surface area contributed by atoms with E-state index in [9.17, 15) is 9.59 Å². The van der Waals surface area contributed by atoms with Crippen LogP contribution in [0.2, 0.25) is 0 Å². The average molecular weight is 414 g/mol. The Morgan fingerprint density at radius 1 is 1.16 bits per heavy atom. The third-order valence-electron chi connectivity index (χ3n) is 6.00. The number of aromatic amines is 1. The summed E-state index contributed by atoms with van der Waals surface area (Å²) in [5.41, 5.74) is 3.74. The number of para-hydroxylation sites is 1. The number of carbonyl (C=O) groups excluding carboxylic acids is 1. The lowest BCUT2D eigenvalue weighted by molar-refractivity contribution is 0.0692. The number of nitrogens with zero attached hydrogens (tertiary/aromatic N) is 3. The van der Waals surface area contributed by atoms with Gasteiger partial charge >= 0.3 is 0 Å². The molecular weight excluding hydrogens is 392 g/mol. The van der Waals surface area contributed by atoms with E-state index in [0.717, 1.165) is 33.6 Å². The molecular formula is C24H22N4O3. The molecule has 1 atom stereocenters. The SMILES string of the molecule is COc1ccc([C@@H]2c3nc[nH]c3CCN2C(=O)c2cc(=O)n(C)c3ccccc23)cc1. The summed E-state index contributed by atoms with van der Waals surface area (Å²) in [5.74, 6) is 0.570. The number of benzene rings is 2. The summed E-state index contributed by atoms with van der Waals surface area (Å²) in [4.78, 5) is 36.0. The molecule has 4 aromatic rings. The minimum absolute atomic E-state index is 0.177. The van der Waals surface area contributed by atoms with Gasteiger partial charge in [-0.25, -0.2) is 4.98 Å². The van der Waals surface area contributed by atoms with Gasteiger partial charge in [0.25, 0.3) is 11.5 Å². The topological polar surface area (TPSA) is 80.2 Å². The molecule has 0 unspecified atom stereocenters. The van der Waals surface area contributed by atoms with Gasteiger partial charge in [0, 0.05) is 37.2 Å². The van der Waals surface area contributed by atoms with Gasteiger partial charge in [-0.2, -0.15) is 0 Å². The quantitative estimate of drug-likeness (QED) is 0.559. The number of imidazole rings is 1. The average Bonchev–Trinajstić information content (AvgIpc) is 3.29. The lowest BCUT2D eigenvalue weighted by Gasteiger charge is -2.35. The van der Waals surface area contributed by atoms with Gasteiger partial charge in [-0.15, -0.1) is 0 Å². The highest BCUT2D eigenvalue weighted by Gasteiger charge is 2.35. The zero-order valence-corrected chi connectivity index (χ0v) is 17.3. The van der Waals surface area contributed by atoms with E-state index in [0.29, 0.717) is 18.5 Å². The Bertz CT molecular complexity index is 1340. The maximum Gasteiger partial charge on any atom is 0.255 e. The van der Waals surface area contributed by atoms with Crippen LogP contribution in [0.25, 0.3) is 10.9 Å². The highest BCUT2D eigenvalue weighted by Crippen LogP contribution is 2.35. The van der Waals surface area contributed by atoms with Crippen molar-refractivity contribution in [1.29, 1.82) is 0 Å². The second-order valence-corrected chi connectivity index (χ2v) is 7.66.